The summed E-state index contributed by atoms with van der Waals surface area (Å²) >= 11 is 1.34. The molecule has 0 saturated carbocycles. The third-order valence-corrected chi connectivity index (χ3v) is 3.30. The van der Waals surface area contributed by atoms with Gasteiger partial charge in [-0.1, -0.05) is 10.3 Å². The van der Waals surface area contributed by atoms with Gasteiger partial charge < -0.3 is 5.11 Å². The molecule has 18 heavy (non-hydrogen) atoms. The number of aromatic nitrogens is 2. The quantitative estimate of drug-likeness (QED) is 0.858. The maximum Gasteiger partial charge on any atom is 0.338 e. The topological polar surface area (TPSA) is 76.2 Å². The van der Waals surface area contributed by atoms with E-state index in [4.69, 9.17) is 5.11 Å². The van der Waals surface area contributed by atoms with E-state index in [1.165, 1.54) is 23.9 Å². The van der Waals surface area contributed by atoms with Crippen LogP contribution in [0.4, 0.5) is 4.39 Å². The zero-order valence-corrected chi connectivity index (χ0v) is 10.2. The highest BCUT2D eigenvalue weighted by Gasteiger charge is 2.12. The molecular weight excluding hydrogens is 259 g/mol. The number of hydrogen-bond donors (Lipinski definition) is 1. The van der Waals surface area contributed by atoms with Crippen molar-refractivity contribution in [3.63, 3.8) is 0 Å². The van der Waals surface area contributed by atoms with Crippen LogP contribution in [0.25, 0.3) is 0 Å². The van der Waals surface area contributed by atoms with Crippen molar-refractivity contribution in [1.82, 2.24) is 10.3 Å². The molecule has 0 spiro atoms. The molecule has 0 saturated heterocycles. The van der Waals surface area contributed by atoms with Gasteiger partial charge in [-0.3, -0.25) is 0 Å². The first kappa shape index (κ1) is 12.6. The summed E-state index contributed by atoms with van der Waals surface area (Å²) in [6.07, 6.45) is 0. The zero-order chi connectivity index (χ0) is 13.1. The van der Waals surface area contributed by atoms with Gasteiger partial charge >= 0.3 is 5.97 Å². The fourth-order valence-corrected chi connectivity index (χ4v) is 2.22. The van der Waals surface area contributed by atoms with Gasteiger partial charge in [0.15, 0.2) is 0 Å². The number of thioether (sulfide) groups is 1. The first-order valence-corrected chi connectivity index (χ1v) is 6.00. The maximum absolute atomic E-state index is 13.2. The van der Waals surface area contributed by atoms with Crippen LogP contribution in [0.5, 0.6) is 0 Å². The second-order valence-corrected chi connectivity index (χ2v) is 4.58. The minimum absolute atomic E-state index is 0.338. The molecule has 0 aliphatic carbocycles. The van der Waals surface area contributed by atoms with E-state index in [1.54, 1.807) is 6.92 Å². The Balaban J connectivity index is 2.13. The van der Waals surface area contributed by atoms with Gasteiger partial charge in [-0.05, 0) is 25.1 Å². The molecule has 2 rings (SSSR count). The Morgan fingerprint density at radius 1 is 1.50 bits per heavy atom. The molecule has 0 bridgehead atoms. The third kappa shape index (κ3) is 2.67. The summed E-state index contributed by atoms with van der Waals surface area (Å²) in [5, 5.41) is 16.1. The van der Waals surface area contributed by atoms with Crippen molar-refractivity contribution in [2.24, 2.45) is 0 Å². The molecule has 7 heteroatoms. The van der Waals surface area contributed by atoms with Gasteiger partial charge in [0.25, 0.3) is 0 Å². The summed E-state index contributed by atoms with van der Waals surface area (Å²) in [7, 11) is 0. The van der Waals surface area contributed by atoms with Crippen LogP contribution in [0.1, 0.15) is 21.7 Å². The van der Waals surface area contributed by atoms with Crippen LogP contribution in [0.3, 0.4) is 0 Å². The zero-order valence-electron chi connectivity index (χ0n) is 9.38. The van der Waals surface area contributed by atoms with E-state index in [-0.39, 0.29) is 5.56 Å². The lowest BCUT2D eigenvalue weighted by atomic mass is 10.2. The molecule has 0 aliphatic rings. The summed E-state index contributed by atoms with van der Waals surface area (Å²) in [5.74, 6) is -1.54. The predicted octanol–water partition coefficient (Wildman–Crippen LogP) is 2.51. The molecule has 0 amide bonds. The Hall–Kier alpha value is -1.89. The summed E-state index contributed by atoms with van der Waals surface area (Å²) in [5.41, 5.74) is 1.03. The van der Waals surface area contributed by atoms with Crippen LogP contribution in [0.2, 0.25) is 0 Å². The van der Waals surface area contributed by atoms with Crippen molar-refractivity contribution in [3.05, 3.63) is 41.0 Å². The molecular formula is C11H9FN2O3S. The lowest BCUT2D eigenvalue weighted by Gasteiger charge is -2.02. The summed E-state index contributed by atoms with van der Waals surface area (Å²) in [6.45, 7) is 1.76. The highest BCUT2D eigenvalue weighted by Crippen LogP contribution is 2.25. The smallest absolute Gasteiger partial charge is 0.338 e. The van der Waals surface area contributed by atoms with E-state index in [9.17, 15) is 9.18 Å². The summed E-state index contributed by atoms with van der Waals surface area (Å²) in [4.78, 5) is 11.4. The molecule has 94 valence electrons. The van der Waals surface area contributed by atoms with Gasteiger partial charge in [0.05, 0.1) is 5.56 Å². The molecule has 0 atom stereocenters. The highest BCUT2D eigenvalue weighted by atomic mass is 32.2. The van der Waals surface area contributed by atoms with E-state index >= 15 is 0 Å². The van der Waals surface area contributed by atoms with Crippen molar-refractivity contribution in [3.8, 4) is 0 Å². The van der Waals surface area contributed by atoms with Gasteiger partial charge in [0.2, 0.25) is 0 Å². The fraction of sp³-hybridized carbons (Fsp3) is 0.182. The number of benzene rings is 1. The SMILES string of the molecule is Cc1nonc1CSc1ccc(F)c(C(=O)O)c1. The number of nitrogens with zero attached hydrogens (tertiary/aromatic N) is 2. The van der Waals surface area contributed by atoms with Gasteiger partial charge in [-0.25, -0.2) is 13.8 Å². The molecule has 1 heterocycles. The lowest BCUT2D eigenvalue weighted by Crippen LogP contribution is -2.00. The second kappa shape index (κ2) is 5.18. The summed E-state index contributed by atoms with van der Waals surface area (Å²) < 4.78 is 17.7. The molecule has 0 aliphatic heterocycles. The van der Waals surface area contributed by atoms with Crippen LogP contribution in [0, 0.1) is 12.7 Å². The number of carboxylic acid groups (broad SMARTS) is 1. The number of rotatable bonds is 4. The number of carbonyl (C=O) groups is 1. The van der Waals surface area contributed by atoms with Crippen molar-refractivity contribution in [1.29, 1.82) is 0 Å². The highest BCUT2D eigenvalue weighted by molar-refractivity contribution is 7.98. The molecule has 0 unspecified atom stereocenters. The van der Waals surface area contributed by atoms with Crippen LogP contribution in [-0.4, -0.2) is 21.4 Å². The second-order valence-electron chi connectivity index (χ2n) is 3.53. The molecule has 5 nitrogen and oxygen atoms in total. The van der Waals surface area contributed by atoms with E-state index in [0.29, 0.717) is 22.0 Å². The fourth-order valence-electron chi connectivity index (χ4n) is 1.29. The molecule has 2 aromatic rings. The third-order valence-electron chi connectivity index (χ3n) is 2.29. The minimum atomic E-state index is -1.28. The lowest BCUT2D eigenvalue weighted by molar-refractivity contribution is 0.0691. The normalized spacial score (nSPS) is 10.6. The largest absolute Gasteiger partial charge is 0.478 e. The number of carboxylic acids is 1. The van der Waals surface area contributed by atoms with Crippen molar-refractivity contribution in [2.45, 2.75) is 17.6 Å². The first-order chi connectivity index (χ1) is 8.58. The van der Waals surface area contributed by atoms with Crippen molar-refractivity contribution < 1.29 is 18.9 Å². The van der Waals surface area contributed by atoms with Gasteiger partial charge in [0, 0.05) is 10.6 Å². The van der Waals surface area contributed by atoms with Gasteiger partial charge in [-0.15, -0.1) is 11.8 Å². The molecule has 0 fully saturated rings. The van der Waals surface area contributed by atoms with Crippen LogP contribution in [-0.2, 0) is 5.75 Å². The molecule has 0 radical (unpaired) electrons. The summed E-state index contributed by atoms with van der Waals surface area (Å²) in [6, 6.07) is 3.96. The van der Waals surface area contributed by atoms with Gasteiger partial charge in [0.1, 0.15) is 17.2 Å². The monoisotopic (exact) mass is 268 g/mol. The van der Waals surface area contributed by atoms with Gasteiger partial charge in [-0.2, -0.15) is 0 Å². The van der Waals surface area contributed by atoms with E-state index < -0.39 is 11.8 Å². The van der Waals surface area contributed by atoms with Crippen LogP contribution in [0.15, 0.2) is 27.7 Å². The minimum Gasteiger partial charge on any atom is -0.478 e. The Morgan fingerprint density at radius 2 is 2.28 bits per heavy atom. The molecule has 1 aromatic carbocycles. The Bertz CT molecular complexity index is 585. The Morgan fingerprint density at radius 3 is 2.89 bits per heavy atom. The number of halogens is 1. The van der Waals surface area contributed by atoms with E-state index in [1.807, 2.05) is 0 Å². The van der Waals surface area contributed by atoms with Crippen molar-refractivity contribution >= 4 is 17.7 Å². The first-order valence-electron chi connectivity index (χ1n) is 5.01. The number of hydrogen-bond acceptors (Lipinski definition) is 5. The number of aryl methyl sites for hydroxylation is 1. The molecule has 1 aromatic heterocycles. The predicted molar refractivity (Wildman–Crippen MR) is 62.0 cm³/mol. The van der Waals surface area contributed by atoms with Crippen LogP contribution >= 0.6 is 11.8 Å². The average Bonchev–Trinajstić information content (AvgIpc) is 2.73. The average molecular weight is 268 g/mol. The van der Waals surface area contributed by atoms with E-state index in [0.717, 1.165) is 6.07 Å². The Labute approximate surface area is 106 Å². The van der Waals surface area contributed by atoms with E-state index in [2.05, 4.69) is 14.9 Å². The standard InChI is InChI=1S/C11H9FN2O3S/c1-6-10(14-17-13-6)5-18-7-2-3-9(12)8(4-7)11(15)16/h2-4H,5H2,1H3,(H,15,16). The van der Waals surface area contributed by atoms with Crippen LogP contribution < -0.4 is 0 Å². The molecule has 1 N–H and O–H groups in total. The van der Waals surface area contributed by atoms with Crippen molar-refractivity contribution in [2.75, 3.05) is 0 Å². The Kier molecular flexibility index (Phi) is 3.61. The number of aromatic carboxylic acids is 1. The maximum atomic E-state index is 13.2.